The van der Waals surface area contributed by atoms with Gasteiger partial charge in [-0.05, 0) is 68.0 Å². The Hall–Kier alpha value is -2.53. The van der Waals surface area contributed by atoms with Crippen molar-refractivity contribution in [3.05, 3.63) is 63.3 Å². The van der Waals surface area contributed by atoms with Crippen LogP contribution in [0.4, 0.5) is 0 Å². The normalized spacial score (nSPS) is 14.4. The summed E-state index contributed by atoms with van der Waals surface area (Å²) in [5.41, 5.74) is 6.36. The largest absolute Gasteiger partial charge is 0.342 e. The molecule has 6 heteroatoms. The van der Waals surface area contributed by atoms with E-state index >= 15 is 0 Å². The average molecular weight is 423 g/mol. The molecule has 30 heavy (non-hydrogen) atoms. The lowest BCUT2D eigenvalue weighted by Crippen LogP contribution is -2.25. The molecule has 1 aromatic carbocycles. The Bertz CT molecular complexity index is 1310. The molecular weight excluding hydrogens is 396 g/mol. The molecule has 0 saturated heterocycles. The molecule has 0 bridgehead atoms. The maximum atomic E-state index is 13.4. The molecule has 1 aliphatic carbocycles. The summed E-state index contributed by atoms with van der Waals surface area (Å²) < 4.78 is 6.23. The second-order valence-corrected chi connectivity index (χ2v) is 9.36. The first kappa shape index (κ1) is 19.4. The molecule has 0 radical (unpaired) electrons. The van der Waals surface area contributed by atoms with E-state index in [1.807, 2.05) is 21.3 Å². The van der Waals surface area contributed by atoms with Crippen LogP contribution < -0.4 is 5.69 Å². The Balaban J connectivity index is 1.66. The minimum absolute atomic E-state index is 0.0877. The third-order valence-corrected chi connectivity index (χ3v) is 6.30. The van der Waals surface area contributed by atoms with Gasteiger partial charge in [0.25, 0.3) is 0 Å². The smallest absolute Gasteiger partial charge is 0.329 e. The van der Waals surface area contributed by atoms with E-state index in [0.29, 0.717) is 23.7 Å². The van der Waals surface area contributed by atoms with Crippen molar-refractivity contribution in [2.24, 2.45) is 5.92 Å². The summed E-state index contributed by atoms with van der Waals surface area (Å²) in [5.74, 6) is 0.595. The van der Waals surface area contributed by atoms with Crippen molar-refractivity contribution in [3.8, 4) is 0 Å². The number of benzene rings is 1. The second kappa shape index (κ2) is 7.31. The standard InChI is InChI=1S/C24H27ClN4O/c1-15(2)10-11-27-18(13-19-20(27)8-9-23(25)26-19)14-28-22-12-16(3)4-7-21(22)29(24(28)30)17-5-6-17/h4,7-9,12-13,15,17H,5-6,10-11,14H2,1-3H3. The predicted octanol–water partition coefficient (Wildman–Crippen LogP) is 5.54. The van der Waals surface area contributed by atoms with Crippen molar-refractivity contribution in [2.45, 2.75) is 59.2 Å². The van der Waals surface area contributed by atoms with Crippen LogP contribution in [0.2, 0.25) is 5.15 Å². The van der Waals surface area contributed by atoms with Gasteiger partial charge < -0.3 is 4.57 Å². The van der Waals surface area contributed by atoms with Gasteiger partial charge in [-0.2, -0.15) is 0 Å². The first-order valence-electron chi connectivity index (χ1n) is 10.8. The maximum Gasteiger partial charge on any atom is 0.329 e. The first-order chi connectivity index (χ1) is 14.4. The van der Waals surface area contributed by atoms with Gasteiger partial charge in [0.1, 0.15) is 5.15 Å². The van der Waals surface area contributed by atoms with Gasteiger partial charge in [0.05, 0.1) is 28.6 Å². The van der Waals surface area contributed by atoms with Gasteiger partial charge in [-0.3, -0.25) is 9.13 Å². The van der Waals surface area contributed by atoms with Crippen LogP contribution in [0.25, 0.3) is 22.1 Å². The minimum atomic E-state index is 0.0877. The molecular formula is C24H27ClN4O. The van der Waals surface area contributed by atoms with Crippen molar-refractivity contribution in [3.63, 3.8) is 0 Å². The molecule has 3 aromatic heterocycles. The number of pyridine rings is 1. The van der Waals surface area contributed by atoms with Crippen LogP contribution in [-0.4, -0.2) is 18.7 Å². The highest BCUT2D eigenvalue weighted by Crippen LogP contribution is 2.36. The Labute approximate surface area is 180 Å². The summed E-state index contributed by atoms with van der Waals surface area (Å²) >= 11 is 6.15. The van der Waals surface area contributed by atoms with Gasteiger partial charge in [-0.25, -0.2) is 9.78 Å². The summed E-state index contributed by atoms with van der Waals surface area (Å²) in [6.07, 6.45) is 3.24. The third-order valence-electron chi connectivity index (χ3n) is 6.09. The Morgan fingerprint density at radius 3 is 2.57 bits per heavy atom. The Kier molecular flexibility index (Phi) is 4.73. The number of halogens is 1. The zero-order valence-electron chi connectivity index (χ0n) is 17.7. The van der Waals surface area contributed by atoms with E-state index in [2.05, 4.69) is 54.6 Å². The summed E-state index contributed by atoms with van der Waals surface area (Å²) in [6.45, 7) is 7.97. The Morgan fingerprint density at radius 1 is 1.07 bits per heavy atom. The molecule has 156 valence electrons. The lowest BCUT2D eigenvalue weighted by atomic mass is 10.1. The second-order valence-electron chi connectivity index (χ2n) is 8.97. The average Bonchev–Trinajstić information content (AvgIpc) is 3.42. The van der Waals surface area contributed by atoms with E-state index in [-0.39, 0.29) is 5.69 Å². The van der Waals surface area contributed by atoms with Crippen molar-refractivity contribution >= 4 is 33.7 Å². The molecule has 1 fully saturated rings. The number of hydrogen-bond acceptors (Lipinski definition) is 2. The fourth-order valence-electron chi connectivity index (χ4n) is 4.34. The number of hydrogen-bond donors (Lipinski definition) is 0. The monoisotopic (exact) mass is 422 g/mol. The zero-order valence-corrected chi connectivity index (χ0v) is 18.5. The van der Waals surface area contributed by atoms with Gasteiger partial charge in [0.15, 0.2) is 0 Å². The van der Waals surface area contributed by atoms with Gasteiger partial charge in [0.2, 0.25) is 0 Å². The zero-order chi connectivity index (χ0) is 21.0. The molecule has 0 aliphatic heterocycles. The quantitative estimate of drug-likeness (QED) is 0.383. The first-order valence-corrected chi connectivity index (χ1v) is 11.2. The number of nitrogens with zero attached hydrogens (tertiary/aromatic N) is 4. The lowest BCUT2D eigenvalue weighted by molar-refractivity contribution is 0.511. The molecule has 0 spiro atoms. The van der Waals surface area contributed by atoms with Crippen LogP contribution in [0, 0.1) is 12.8 Å². The molecule has 4 aromatic rings. The molecule has 5 rings (SSSR count). The number of rotatable bonds is 6. The SMILES string of the molecule is Cc1ccc2c(c1)n(Cc1cc3nc(Cl)ccc3n1CCC(C)C)c(=O)n2C1CC1. The number of aromatic nitrogens is 4. The molecule has 3 heterocycles. The van der Waals surface area contributed by atoms with Gasteiger partial charge in [0, 0.05) is 18.3 Å². The van der Waals surface area contributed by atoms with Crippen LogP contribution in [0.5, 0.6) is 0 Å². The van der Waals surface area contributed by atoms with Gasteiger partial charge in [-0.1, -0.05) is 31.5 Å². The van der Waals surface area contributed by atoms with E-state index in [9.17, 15) is 4.79 Å². The number of imidazole rings is 1. The van der Waals surface area contributed by atoms with Gasteiger partial charge in [-0.15, -0.1) is 0 Å². The van der Waals surface area contributed by atoms with Crippen LogP contribution in [0.3, 0.4) is 0 Å². The highest BCUT2D eigenvalue weighted by Gasteiger charge is 2.29. The van der Waals surface area contributed by atoms with Crippen LogP contribution in [0.1, 0.15) is 50.4 Å². The molecule has 0 atom stereocenters. The highest BCUT2D eigenvalue weighted by molar-refractivity contribution is 6.29. The highest BCUT2D eigenvalue weighted by atomic mass is 35.5. The molecule has 1 aliphatic rings. The Morgan fingerprint density at radius 2 is 1.83 bits per heavy atom. The van der Waals surface area contributed by atoms with E-state index < -0.39 is 0 Å². The fraction of sp³-hybridized carbons (Fsp3) is 0.417. The molecule has 1 saturated carbocycles. The minimum Gasteiger partial charge on any atom is -0.342 e. The summed E-state index contributed by atoms with van der Waals surface area (Å²) in [5, 5.41) is 0.494. The van der Waals surface area contributed by atoms with Crippen LogP contribution in [0.15, 0.2) is 41.2 Å². The number of fused-ring (bicyclic) bond motifs is 2. The van der Waals surface area contributed by atoms with Crippen LogP contribution in [-0.2, 0) is 13.1 Å². The van der Waals surface area contributed by atoms with E-state index in [1.54, 1.807) is 0 Å². The van der Waals surface area contributed by atoms with E-state index in [1.165, 1.54) is 0 Å². The van der Waals surface area contributed by atoms with Gasteiger partial charge >= 0.3 is 5.69 Å². The van der Waals surface area contributed by atoms with Crippen molar-refractivity contribution < 1.29 is 0 Å². The third kappa shape index (κ3) is 3.35. The predicted molar refractivity (Wildman–Crippen MR) is 123 cm³/mol. The van der Waals surface area contributed by atoms with Crippen LogP contribution >= 0.6 is 11.6 Å². The van der Waals surface area contributed by atoms with E-state index in [4.69, 9.17) is 11.6 Å². The molecule has 0 N–H and O–H groups in total. The molecule has 0 amide bonds. The van der Waals surface area contributed by atoms with E-state index in [0.717, 1.165) is 59.1 Å². The molecule has 5 nitrogen and oxygen atoms in total. The lowest BCUT2D eigenvalue weighted by Gasteiger charge is -2.13. The van der Waals surface area contributed by atoms with Crippen molar-refractivity contribution in [2.75, 3.05) is 0 Å². The fourth-order valence-corrected chi connectivity index (χ4v) is 4.49. The topological polar surface area (TPSA) is 44.8 Å². The van der Waals surface area contributed by atoms with Crippen molar-refractivity contribution in [1.82, 2.24) is 18.7 Å². The summed E-state index contributed by atoms with van der Waals surface area (Å²) in [4.78, 5) is 17.9. The summed E-state index contributed by atoms with van der Waals surface area (Å²) in [7, 11) is 0. The summed E-state index contributed by atoms with van der Waals surface area (Å²) in [6, 6.07) is 12.6. The maximum absolute atomic E-state index is 13.4. The van der Waals surface area contributed by atoms with Crippen molar-refractivity contribution in [1.29, 1.82) is 0 Å². The molecule has 0 unspecified atom stereocenters. The number of aryl methyl sites for hydroxylation is 2.